The molecule has 6 nitrogen and oxygen atoms in total. The molecule has 1 saturated heterocycles. The molecule has 1 heterocycles. The molecule has 0 atom stereocenters. The number of piperidine rings is 1. The molecule has 3 rings (SSSR count). The Morgan fingerprint density at radius 1 is 0.897 bits per heavy atom. The zero-order chi connectivity index (χ0) is 21.2. The minimum Gasteiger partial charge on any atom is -0.295 e. The standard InChI is InChI=1S/C18H17Cl4N3O3S/c19-12-9-14(21)17(15(22)10-12)23-24-18(26)11-4-5-13(20)16(8-11)29(27,28)25-6-2-1-3-7-25/h4-5,8-10,23H,1-3,6-7H2,(H,24,26). The van der Waals surface area contributed by atoms with E-state index in [4.69, 9.17) is 46.4 Å². The monoisotopic (exact) mass is 495 g/mol. The van der Waals surface area contributed by atoms with E-state index in [0.717, 1.165) is 19.3 Å². The van der Waals surface area contributed by atoms with E-state index in [2.05, 4.69) is 10.9 Å². The van der Waals surface area contributed by atoms with Gasteiger partial charge in [0.15, 0.2) is 0 Å². The first kappa shape index (κ1) is 22.5. The number of anilines is 1. The van der Waals surface area contributed by atoms with Crippen LogP contribution >= 0.6 is 46.4 Å². The lowest BCUT2D eigenvalue weighted by Crippen LogP contribution is -2.36. The highest BCUT2D eigenvalue weighted by atomic mass is 35.5. The molecule has 2 aromatic rings. The largest absolute Gasteiger partial charge is 0.295 e. The first-order valence-electron chi connectivity index (χ1n) is 8.71. The van der Waals surface area contributed by atoms with Crippen molar-refractivity contribution in [3.8, 4) is 0 Å². The second-order valence-electron chi connectivity index (χ2n) is 6.43. The van der Waals surface area contributed by atoms with Crippen molar-refractivity contribution in [1.29, 1.82) is 0 Å². The first-order valence-corrected chi connectivity index (χ1v) is 11.7. The molecular formula is C18H17Cl4N3O3S. The van der Waals surface area contributed by atoms with Crippen molar-refractivity contribution in [2.45, 2.75) is 24.2 Å². The summed E-state index contributed by atoms with van der Waals surface area (Å²) in [4.78, 5) is 12.4. The Morgan fingerprint density at radius 2 is 1.52 bits per heavy atom. The number of rotatable bonds is 5. The minimum absolute atomic E-state index is 0.0591. The van der Waals surface area contributed by atoms with E-state index < -0.39 is 15.9 Å². The highest BCUT2D eigenvalue weighted by molar-refractivity contribution is 7.89. The fourth-order valence-electron chi connectivity index (χ4n) is 2.94. The Morgan fingerprint density at radius 3 is 2.14 bits per heavy atom. The van der Waals surface area contributed by atoms with Crippen molar-refractivity contribution in [1.82, 2.24) is 9.73 Å². The van der Waals surface area contributed by atoms with Crippen molar-refractivity contribution in [3.63, 3.8) is 0 Å². The lowest BCUT2D eigenvalue weighted by atomic mass is 10.2. The van der Waals surface area contributed by atoms with Gasteiger partial charge in [-0.2, -0.15) is 4.31 Å². The van der Waals surface area contributed by atoms with E-state index in [0.29, 0.717) is 18.1 Å². The molecule has 156 valence electrons. The van der Waals surface area contributed by atoms with E-state index in [9.17, 15) is 13.2 Å². The summed E-state index contributed by atoms with van der Waals surface area (Å²) in [5.41, 5.74) is 5.44. The predicted molar refractivity (Wildman–Crippen MR) is 117 cm³/mol. The zero-order valence-corrected chi connectivity index (χ0v) is 18.9. The predicted octanol–water partition coefficient (Wildman–Crippen LogP) is 5.23. The second kappa shape index (κ2) is 9.29. The van der Waals surface area contributed by atoms with Crippen molar-refractivity contribution in [2.24, 2.45) is 0 Å². The quantitative estimate of drug-likeness (QED) is 0.555. The summed E-state index contributed by atoms with van der Waals surface area (Å²) >= 11 is 24.1. The van der Waals surface area contributed by atoms with Crippen molar-refractivity contribution in [3.05, 3.63) is 56.0 Å². The molecule has 1 aliphatic heterocycles. The number of halogens is 4. The SMILES string of the molecule is O=C(NNc1c(Cl)cc(Cl)cc1Cl)c1ccc(Cl)c(S(=O)(=O)N2CCCCC2)c1. The Hall–Kier alpha value is -1.22. The van der Waals surface area contributed by atoms with Crippen LogP contribution in [0, 0.1) is 0 Å². The van der Waals surface area contributed by atoms with E-state index >= 15 is 0 Å². The Balaban J connectivity index is 1.81. The molecular weight excluding hydrogens is 480 g/mol. The van der Waals surface area contributed by atoms with Crippen LogP contribution < -0.4 is 10.9 Å². The summed E-state index contributed by atoms with van der Waals surface area (Å²) in [5, 5.41) is 0.838. The minimum atomic E-state index is -3.79. The van der Waals surface area contributed by atoms with Crippen LogP contribution in [0.2, 0.25) is 20.1 Å². The zero-order valence-electron chi connectivity index (χ0n) is 15.0. The number of carbonyl (C=O) groups excluding carboxylic acids is 1. The van der Waals surface area contributed by atoms with Crippen LogP contribution in [0.15, 0.2) is 35.2 Å². The summed E-state index contributed by atoms with van der Waals surface area (Å²) in [6.45, 7) is 0.869. The van der Waals surface area contributed by atoms with E-state index in [1.807, 2.05) is 0 Å². The molecule has 2 N–H and O–H groups in total. The summed E-state index contributed by atoms with van der Waals surface area (Å²) in [5.74, 6) is -0.584. The van der Waals surface area contributed by atoms with Crippen LogP contribution in [0.1, 0.15) is 29.6 Å². The normalized spacial score (nSPS) is 15.2. The van der Waals surface area contributed by atoms with Gasteiger partial charge in [0.1, 0.15) is 4.90 Å². The highest BCUT2D eigenvalue weighted by Crippen LogP contribution is 2.33. The number of hydrazine groups is 1. The summed E-state index contributed by atoms with van der Waals surface area (Å²) in [7, 11) is -3.79. The molecule has 11 heteroatoms. The van der Waals surface area contributed by atoms with Crippen molar-refractivity contribution < 1.29 is 13.2 Å². The third kappa shape index (κ3) is 5.10. The maximum atomic E-state index is 12.9. The van der Waals surface area contributed by atoms with Crippen molar-refractivity contribution in [2.75, 3.05) is 18.5 Å². The van der Waals surface area contributed by atoms with Gasteiger partial charge in [0.25, 0.3) is 5.91 Å². The second-order valence-corrected chi connectivity index (χ2v) is 10.00. The Bertz CT molecular complexity index is 1020. The van der Waals surface area contributed by atoms with Gasteiger partial charge in [0.2, 0.25) is 10.0 Å². The van der Waals surface area contributed by atoms with Gasteiger partial charge >= 0.3 is 0 Å². The Kier molecular flexibility index (Phi) is 7.19. The topological polar surface area (TPSA) is 78.5 Å². The molecule has 0 spiro atoms. The molecule has 1 aliphatic rings. The van der Waals surface area contributed by atoms with Crippen LogP contribution in [-0.4, -0.2) is 31.7 Å². The number of sulfonamides is 1. The molecule has 0 aromatic heterocycles. The molecule has 0 radical (unpaired) electrons. The molecule has 29 heavy (non-hydrogen) atoms. The van der Waals surface area contributed by atoms with Gasteiger partial charge in [0, 0.05) is 23.7 Å². The van der Waals surface area contributed by atoms with Gasteiger partial charge in [-0.15, -0.1) is 0 Å². The van der Waals surface area contributed by atoms with Gasteiger partial charge in [-0.05, 0) is 43.2 Å². The first-order chi connectivity index (χ1) is 13.7. The molecule has 0 bridgehead atoms. The fraction of sp³-hybridized carbons (Fsp3) is 0.278. The third-order valence-corrected chi connectivity index (χ3v) is 7.63. The van der Waals surface area contributed by atoms with Crippen LogP contribution in [0.3, 0.4) is 0 Å². The number of hydrogen-bond acceptors (Lipinski definition) is 4. The summed E-state index contributed by atoms with van der Waals surface area (Å²) < 4.78 is 27.3. The molecule has 1 amide bonds. The van der Waals surface area contributed by atoms with Gasteiger partial charge in [-0.25, -0.2) is 8.42 Å². The van der Waals surface area contributed by atoms with Crippen molar-refractivity contribution >= 4 is 68.0 Å². The average Bonchev–Trinajstić information content (AvgIpc) is 2.68. The maximum Gasteiger partial charge on any atom is 0.269 e. The van der Waals surface area contributed by atoms with E-state index in [-0.39, 0.29) is 31.2 Å². The van der Waals surface area contributed by atoms with Gasteiger partial charge < -0.3 is 0 Å². The van der Waals surface area contributed by atoms with E-state index in [1.165, 1.54) is 34.6 Å². The smallest absolute Gasteiger partial charge is 0.269 e. The average molecular weight is 497 g/mol. The summed E-state index contributed by atoms with van der Waals surface area (Å²) in [6.07, 6.45) is 2.58. The lowest BCUT2D eigenvalue weighted by molar-refractivity contribution is 0.0962. The van der Waals surface area contributed by atoms with Crippen LogP contribution in [0.25, 0.3) is 0 Å². The van der Waals surface area contributed by atoms with E-state index in [1.54, 1.807) is 0 Å². The van der Waals surface area contributed by atoms with Crippen LogP contribution in [0.5, 0.6) is 0 Å². The molecule has 2 aromatic carbocycles. The maximum absolute atomic E-state index is 12.9. The highest BCUT2D eigenvalue weighted by Gasteiger charge is 2.28. The number of carbonyl (C=O) groups is 1. The lowest BCUT2D eigenvalue weighted by Gasteiger charge is -2.26. The number of hydrogen-bond donors (Lipinski definition) is 2. The van der Waals surface area contributed by atoms with Gasteiger partial charge in [0.05, 0.1) is 20.8 Å². The molecule has 0 saturated carbocycles. The molecule has 1 fully saturated rings. The number of benzene rings is 2. The van der Waals surface area contributed by atoms with Crippen LogP contribution in [-0.2, 0) is 10.0 Å². The van der Waals surface area contributed by atoms with Crippen LogP contribution in [0.4, 0.5) is 5.69 Å². The molecule has 0 aliphatic carbocycles. The molecule has 0 unspecified atom stereocenters. The third-order valence-electron chi connectivity index (χ3n) is 4.43. The van der Waals surface area contributed by atoms with Gasteiger partial charge in [-0.3, -0.25) is 15.6 Å². The number of nitrogens with one attached hydrogen (secondary N) is 2. The number of amides is 1. The number of nitrogens with zero attached hydrogens (tertiary/aromatic N) is 1. The van der Waals surface area contributed by atoms with Gasteiger partial charge in [-0.1, -0.05) is 52.8 Å². The summed E-state index contributed by atoms with van der Waals surface area (Å²) in [6, 6.07) is 7.01. The Labute approximate surface area is 189 Å². The fourth-order valence-corrected chi connectivity index (χ4v) is 5.87.